The Bertz CT molecular complexity index is 5700. The van der Waals surface area contributed by atoms with Crippen LogP contribution in [-0.4, -0.2) is 64.4 Å². The third kappa shape index (κ3) is 31.1. The smallest absolute Gasteiger partial charge is 0.274 e. The number of anilines is 5. The van der Waals surface area contributed by atoms with Crippen molar-refractivity contribution in [3.63, 3.8) is 0 Å². The maximum absolute atomic E-state index is 13.8. The molecule has 7 heterocycles. The number of carbonyl (C=O) groups is 5. The minimum absolute atomic E-state index is 0. The van der Waals surface area contributed by atoms with Gasteiger partial charge in [-0.25, -0.2) is 18.7 Å². The zero-order valence-electron chi connectivity index (χ0n) is 64.1. The highest BCUT2D eigenvalue weighted by atomic mass is 79.9. The lowest BCUT2D eigenvalue weighted by atomic mass is 10.1. The van der Waals surface area contributed by atoms with E-state index in [2.05, 4.69) is 109 Å². The second-order valence-corrected chi connectivity index (χ2v) is 28.8. The van der Waals surface area contributed by atoms with E-state index in [1.807, 2.05) is 118 Å². The summed E-state index contributed by atoms with van der Waals surface area (Å²) >= 11 is 16.0. The van der Waals surface area contributed by atoms with E-state index in [0.717, 1.165) is 37.5 Å². The van der Waals surface area contributed by atoms with Crippen LogP contribution in [0.15, 0.2) is 336 Å². The van der Waals surface area contributed by atoms with Gasteiger partial charge >= 0.3 is 0 Å². The van der Waals surface area contributed by atoms with Crippen molar-refractivity contribution in [2.45, 2.75) is 50.0 Å². The minimum Gasteiger partial charge on any atom is -0.456 e. The summed E-state index contributed by atoms with van der Waals surface area (Å²) < 4.78 is 58.3. The van der Waals surface area contributed by atoms with Gasteiger partial charge in [-0.15, -0.1) is 0 Å². The van der Waals surface area contributed by atoms with E-state index in [0.29, 0.717) is 95.8 Å². The van der Waals surface area contributed by atoms with Gasteiger partial charge < -0.3 is 50.3 Å². The molecule has 15 aromatic rings. The number of carbonyl (C=O) groups excluding carboxylic acids is 5. The van der Waals surface area contributed by atoms with Gasteiger partial charge in [-0.05, 0) is 210 Å². The van der Waals surface area contributed by atoms with E-state index in [1.54, 1.807) is 190 Å². The molecule has 624 valence electrons. The quantitative estimate of drug-likeness (QED) is 0.0474. The molecule has 0 unspecified atom stereocenters. The lowest BCUT2D eigenvalue weighted by molar-refractivity contribution is 0.101. The molecule has 0 aliphatic carbocycles. The number of rotatable bonds is 20. The molecular weight excluding hydrogens is 1780 g/mol. The zero-order valence-corrected chi connectivity index (χ0v) is 69.6. The Kier molecular flexibility index (Phi) is 36.4. The van der Waals surface area contributed by atoms with Gasteiger partial charge in [0.1, 0.15) is 80.5 Å². The number of nitrogens with zero attached hydrogens (tertiary/aromatic N) is 7. The number of ether oxygens (including phenoxy) is 5. The predicted molar refractivity (Wildman–Crippen MR) is 488 cm³/mol. The van der Waals surface area contributed by atoms with Crippen LogP contribution in [0.4, 0.5) is 37.2 Å². The topological polar surface area (TPSA) is 282 Å². The summed E-state index contributed by atoms with van der Waals surface area (Å²) in [5.41, 5.74) is 7.99. The van der Waals surface area contributed by atoms with Gasteiger partial charge in [-0.1, -0.05) is 135 Å². The Morgan fingerprint density at radius 3 is 1.01 bits per heavy atom. The number of hydrogen-bond donors (Lipinski definition) is 5. The van der Waals surface area contributed by atoms with Crippen molar-refractivity contribution in [2.75, 3.05) is 26.6 Å². The normalized spacial score (nSPS) is 10.0. The Morgan fingerprint density at radius 2 is 0.634 bits per heavy atom. The van der Waals surface area contributed by atoms with Gasteiger partial charge in [0.15, 0.2) is 0 Å². The summed E-state index contributed by atoms with van der Waals surface area (Å²) in [6.45, 7) is 7.55. The second kappa shape index (κ2) is 47.5. The molecule has 0 spiro atoms. The Hall–Kier alpha value is -14.3. The van der Waals surface area contributed by atoms with Crippen molar-refractivity contribution in [1.29, 1.82) is 0 Å². The molecule has 15 rings (SSSR count). The van der Waals surface area contributed by atoms with Crippen LogP contribution in [0.3, 0.4) is 0 Å². The molecule has 0 radical (unpaired) electrons. The Morgan fingerprint density at radius 1 is 0.309 bits per heavy atom. The summed E-state index contributed by atoms with van der Waals surface area (Å²) in [7, 11) is 0. The molecule has 0 aliphatic rings. The molecule has 0 atom stereocenters. The first-order valence-electron chi connectivity index (χ1n) is 36.3. The van der Waals surface area contributed by atoms with Crippen molar-refractivity contribution in [1.82, 2.24) is 34.9 Å². The number of nitrogens with one attached hydrogen (secondary N) is 5. The third-order valence-corrected chi connectivity index (χ3v) is 17.5. The van der Waals surface area contributed by atoms with Crippen molar-refractivity contribution >= 4 is 117 Å². The number of aryl methyl sites for hydroxylation is 4. The fourth-order valence-corrected chi connectivity index (χ4v) is 12.3. The van der Waals surface area contributed by atoms with E-state index in [4.69, 9.17) is 35.3 Å². The van der Waals surface area contributed by atoms with Crippen molar-refractivity contribution in [2.24, 2.45) is 0 Å². The largest absolute Gasteiger partial charge is 0.456 e. The summed E-state index contributed by atoms with van der Waals surface area (Å²) in [5.74, 6) is 2.73. The minimum atomic E-state index is -0.649. The Labute approximate surface area is 741 Å². The fraction of sp³-hybridized carbons (Fsp3) is 0.0737. The molecule has 0 saturated heterocycles. The highest BCUT2D eigenvalue weighted by Crippen LogP contribution is 2.34. The van der Waals surface area contributed by atoms with E-state index in [-0.39, 0.29) is 67.7 Å². The molecule has 0 bridgehead atoms. The van der Waals surface area contributed by atoms with Gasteiger partial charge in [-0.2, -0.15) is 0 Å². The number of halogens is 6. The maximum Gasteiger partial charge on any atom is 0.274 e. The van der Waals surface area contributed by atoms with Crippen LogP contribution in [0.1, 0.15) is 96.8 Å². The van der Waals surface area contributed by atoms with Gasteiger partial charge in [-0.3, -0.25) is 48.9 Å². The van der Waals surface area contributed by atoms with Gasteiger partial charge in [0.2, 0.25) is 0 Å². The number of aromatic nitrogens is 7. The molecule has 0 saturated carbocycles. The van der Waals surface area contributed by atoms with Crippen molar-refractivity contribution in [3.8, 4) is 57.5 Å². The molecule has 0 aliphatic heterocycles. The lowest BCUT2D eigenvalue weighted by Crippen LogP contribution is -2.14. The highest BCUT2D eigenvalue weighted by molar-refractivity contribution is 9.11. The molecule has 8 aromatic carbocycles. The number of hydrogen-bond acceptors (Lipinski definition) is 17. The van der Waals surface area contributed by atoms with Gasteiger partial charge in [0, 0.05) is 137 Å². The van der Waals surface area contributed by atoms with Crippen molar-refractivity contribution < 1.29 is 56.4 Å². The molecule has 7 aromatic heterocycles. The van der Waals surface area contributed by atoms with Crippen LogP contribution < -0.4 is 50.3 Å². The molecule has 5 amide bonds. The summed E-state index contributed by atoms with van der Waals surface area (Å²) in [6, 6.07) is 74.0. The average molecular weight is 1860 g/mol. The monoisotopic (exact) mass is 1860 g/mol. The van der Waals surface area contributed by atoms with E-state index >= 15 is 0 Å². The first kappa shape index (κ1) is 94.2. The molecule has 28 heteroatoms. The first-order valence-corrected chi connectivity index (χ1v) is 39.0. The van der Waals surface area contributed by atoms with Gasteiger partial charge in [0.05, 0.1) is 36.5 Å². The number of benzene rings is 8. The molecule has 123 heavy (non-hydrogen) atoms. The van der Waals surface area contributed by atoms with E-state index < -0.39 is 23.4 Å². The molecule has 5 N–H and O–H groups in total. The van der Waals surface area contributed by atoms with Crippen LogP contribution in [0.2, 0.25) is 5.02 Å². The SMILES string of the molecule is C.C.C.Cc1cccc(C(=O)Nc2cc(Br)cc(Oc3cccnc3)c2)c1.Cc1cccc(C(=O)Nc2cc(Br)cc(Oc3cccnc3)c2)n1.Cc1cccc(C(=O)Nc2cc(F)cc(Oc3cccnc3)c2)n1.Cc1cccc(C(=O)Nc2cccc(Oc3cccnc3)c2)c1.O=C(Nc1cc(Br)cc(Oc2cccnc2)c1)c1cc(Cl)ccc1F. The second-order valence-electron chi connectivity index (χ2n) is 25.6. The van der Waals surface area contributed by atoms with Crippen LogP contribution in [-0.2, 0) is 0 Å². The molecular formula is C95H82Br3ClF2N12O10. The highest BCUT2D eigenvalue weighted by Gasteiger charge is 2.17. The maximum atomic E-state index is 13.8. The zero-order chi connectivity index (χ0) is 84.7. The van der Waals surface area contributed by atoms with Crippen LogP contribution in [0.5, 0.6) is 57.5 Å². The van der Waals surface area contributed by atoms with E-state index in [9.17, 15) is 32.8 Å². The van der Waals surface area contributed by atoms with Crippen LogP contribution >= 0.6 is 59.4 Å². The summed E-state index contributed by atoms with van der Waals surface area (Å²) in [4.78, 5) is 89.7. The van der Waals surface area contributed by atoms with Gasteiger partial charge in [0.25, 0.3) is 29.5 Å². The third-order valence-electron chi connectivity index (χ3n) is 15.9. The molecule has 0 fully saturated rings. The molecule has 22 nitrogen and oxygen atoms in total. The average Bonchev–Trinajstić information content (AvgIpc) is 0.861. The summed E-state index contributed by atoms with van der Waals surface area (Å²) in [5, 5.41) is 14.1. The van der Waals surface area contributed by atoms with Crippen LogP contribution in [0.25, 0.3) is 0 Å². The Balaban J connectivity index is 0.000000190. The first-order chi connectivity index (χ1) is 58.0. The summed E-state index contributed by atoms with van der Waals surface area (Å²) in [6.07, 6.45) is 16.3. The number of pyridine rings is 7. The number of amides is 5. The standard InChI is InChI=1S/C19H15BrN2O2.C19H16N2O2.C18H11BrClFN2O2.C18H14BrN3O2.C18H14FN3O2.3CH4/c1-13-4-2-5-14(8-13)19(23)22-16-9-15(20)10-18(11-16)24-17-6-3-7-21-12-17;1-14-5-2-6-15(11-14)19(22)21-16-7-3-8-17(12-16)23-18-9-4-10-20-13-18;19-11-6-13(9-15(7-11)25-14-2-1-5-22-10-14)23-18(24)16-8-12(20)3-4-17(16)21;2*1-12-4-2-6-17(21-12)18(23)22-14-8-13(19)9-16(10-14)24-15-5-3-7-20-11-15;;;/h2-12H,1H3,(H,22,23);2-13H,1H3,(H,21,22);1-10H,(H,23,24);2*2-11H,1H3,(H,22,23);3*1H4. The van der Waals surface area contributed by atoms with Crippen LogP contribution in [0, 0.1) is 39.3 Å². The van der Waals surface area contributed by atoms with E-state index in [1.165, 1.54) is 36.5 Å². The fourth-order valence-electron chi connectivity index (χ4n) is 10.7. The van der Waals surface area contributed by atoms with Crippen molar-refractivity contribution in [3.05, 3.63) is 403 Å². The lowest BCUT2D eigenvalue weighted by Gasteiger charge is -2.10. The predicted octanol–water partition coefficient (Wildman–Crippen LogP) is 25.8.